The van der Waals surface area contributed by atoms with Crippen LogP contribution in [-0.4, -0.2) is 15.0 Å². The number of thiophene rings is 1. The highest BCUT2D eigenvalue weighted by Gasteiger charge is 2.17. The van der Waals surface area contributed by atoms with Crippen LogP contribution in [0.2, 0.25) is 0 Å². The summed E-state index contributed by atoms with van der Waals surface area (Å²) in [4.78, 5) is 15.1. The summed E-state index contributed by atoms with van der Waals surface area (Å²) in [5, 5.41) is 12.8. The molecule has 0 amide bonds. The van der Waals surface area contributed by atoms with E-state index < -0.39 is 0 Å². The van der Waals surface area contributed by atoms with Gasteiger partial charge in [0.2, 0.25) is 0 Å². The van der Waals surface area contributed by atoms with Crippen molar-refractivity contribution in [2.24, 2.45) is 0 Å². The number of fused-ring (bicyclic) bond motifs is 11. The molecule has 0 unspecified atom stereocenters. The molecule has 10 aromatic carbocycles. The summed E-state index contributed by atoms with van der Waals surface area (Å²) in [5.41, 5.74) is 7.59. The van der Waals surface area contributed by atoms with Crippen LogP contribution in [0.25, 0.3) is 120 Å². The first-order chi connectivity index (χ1) is 29.2. The SMILES string of the molecule is c1ccc(-c2nc(-c3ccc(-c4ccc(-c5cc6c7ccccc7c7ccccc7c6c6ccccc56)cc4)cc3)nc(-c3ccc4sc5ccccc5c4c3)n2)cc1. The standard InChI is InChI=1S/C55H33N3S/c1-2-12-37(13-3-1)53-56-54(58-55(57-53)39-30-31-51-48(32-39)44-18-10-11-21-50(44)59-51)38-28-24-35(25-29-38)34-22-26-36(27-23-34)47-33-49-42-16-5-4-14-40(42)41-15-6-8-19-45(41)52(49)46-20-9-7-17-43(46)47/h1-33H. The lowest BCUT2D eigenvalue weighted by molar-refractivity contribution is 1.07. The third-order valence-corrected chi connectivity index (χ3v) is 12.9. The topological polar surface area (TPSA) is 38.7 Å². The minimum atomic E-state index is 0.648. The van der Waals surface area contributed by atoms with Crippen molar-refractivity contribution in [3.05, 3.63) is 200 Å². The Balaban J connectivity index is 0.925. The first-order valence-electron chi connectivity index (χ1n) is 19.9. The minimum absolute atomic E-state index is 0.648. The van der Waals surface area contributed by atoms with Crippen molar-refractivity contribution in [3.63, 3.8) is 0 Å². The summed E-state index contributed by atoms with van der Waals surface area (Å²) in [6.07, 6.45) is 0. The molecule has 0 aliphatic rings. The first-order valence-corrected chi connectivity index (χ1v) is 20.7. The Kier molecular flexibility index (Phi) is 7.72. The van der Waals surface area contributed by atoms with Gasteiger partial charge in [0.25, 0.3) is 0 Å². The monoisotopic (exact) mass is 767 g/mol. The average Bonchev–Trinajstić information content (AvgIpc) is 3.69. The van der Waals surface area contributed by atoms with Crippen molar-refractivity contribution in [1.82, 2.24) is 15.0 Å². The van der Waals surface area contributed by atoms with E-state index >= 15 is 0 Å². The molecule has 0 bridgehead atoms. The van der Waals surface area contributed by atoms with E-state index in [4.69, 9.17) is 15.0 Å². The van der Waals surface area contributed by atoms with Crippen LogP contribution in [-0.2, 0) is 0 Å². The predicted octanol–water partition coefficient (Wildman–Crippen LogP) is 15.2. The van der Waals surface area contributed by atoms with E-state index in [9.17, 15) is 0 Å². The first kappa shape index (κ1) is 33.6. The summed E-state index contributed by atoms with van der Waals surface area (Å²) in [5.74, 6) is 1.96. The molecule has 0 spiro atoms. The fourth-order valence-corrected chi connectivity index (χ4v) is 9.96. The van der Waals surface area contributed by atoms with Crippen LogP contribution in [0.4, 0.5) is 0 Å². The maximum absolute atomic E-state index is 5.08. The number of rotatable bonds is 5. The zero-order valence-electron chi connectivity index (χ0n) is 31.8. The number of hydrogen-bond acceptors (Lipinski definition) is 4. The van der Waals surface area contributed by atoms with Crippen LogP contribution in [0.1, 0.15) is 0 Å². The van der Waals surface area contributed by atoms with Gasteiger partial charge in [-0.05, 0) is 95.7 Å². The predicted molar refractivity (Wildman–Crippen MR) is 250 cm³/mol. The van der Waals surface area contributed by atoms with Crippen molar-refractivity contribution >= 4 is 74.6 Å². The normalized spacial score (nSPS) is 11.7. The van der Waals surface area contributed by atoms with Gasteiger partial charge < -0.3 is 0 Å². The zero-order valence-corrected chi connectivity index (χ0v) is 32.6. The van der Waals surface area contributed by atoms with Gasteiger partial charge in [-0.25, -0.2) is 15.0 Å². The van der Waals surface area contributed by atoms with E-state index in [0.717, 1.165) is 27.8 Å². The molecule has 2 aromatic heterocycles. The summed E-state index contributed by atoms with van der Waals surface area (Å²) < 4.78 is 2.53. The molecule has 0 atom stereocenters. The van der Waals surface area contributed by atoms with Crippen molar-refractivity contribution in [1.29, 1.82) is 0 Å². The van der Waals surface area contributed by atoms with Gasteiger partial charge in [-0.15, -0.1) is 11.3 Å². The number of aromatic nitrogens is 3. The Bertz CT molecular complexity index is 3590. The van der Waals surface area contributed by atoms with Gasteiger partial charge in [0.05, 0.1) is 0 Å². The maximum Gasteiger partial charge on any atom is 0.164 e. The molecule has 0 aliphatic heterocycles. The highest BCUT2D eigenvalue weighted by Crippen LogP contribution is 2.43. The Morgan fingerprint density at radius 1 is 0.254 bits per heavy atom. The smallest absolute Gasteiger partial charge is 0.164 e. The second kappa shape index (κ2) is 13.6. The van der Waals surface area contributed by atoms with Crippen LogP contribution in [0.5, 0.6) is 0 Å². The molecule has 274 valence electrons. The number of hydrogen-bond donors (Lipinski definition) is 0. The molecule has 12 rings (SSSR count). The lowest BCUT2D eigenvalue weighted by Crippen LogP contribution is -2.00. The van der Waals surface area contributed by atoms with E-state index in [1.807, 2.05) is 29.5 Å². The van der Waals surface area contributed by atoms with Crippen LogP contribution in [0, 0.1) is 0 Å². The molecular weight excluding hydrogens is 735 g/mol. The zero-order chi connectivity index (χ0) is 38.9. The molecule has 59 heavy (non-hydrogen) atoms. The molecule has 12 aromatic rings. The van der Waals surface area contributed by atoms with E-state index in [2.05, 4.69) is 182 Å². The lowest BCUT2D eigenvalue weighted by atomic mass is 9.87. The Morgan fingerprint density at radius 2 is 0.678 bits per heavy atom. The average molecular weight is 768 g/mol. The van der Waals surface area contributed by atoms with Crippen molar-refractivity contribution < 1.29 is 0 Å². The fourth-order valence-electron chi connectivity index (χ4n) is 8.88. The van der Waals surface area contributed by atoms with Gasteiger partial charge in [-0.1, -0.05) is 170 Å². The van der Waals surface area contributed by atoms with E-state index in [-0.39, 0.29) is 0 Å². The Morgan fingerprint density at radius 3 is 1.34 bits per heavy atom. The van der Waals surface area contributed by atoms with E-state index in [0.29, 0.717) is 17.5 Å². The van der Waals surface area contributed by atoms with Gasteiger partial charge >= 0.3 is 0 Å². The van der Waals surface area contributed by atoms with Crippen LogP contribution in [0.3, 0.4) is 0 Å². The summed E-state index contributed by atoms with van der Waals surface area (Å²) in [7, 11) is 0. The molecule has 0 saturated carbocycles. The van der Waals surface area contributed by atoms with Crippen LogP contribution >= 0.6 is 11.3 Å². The second-order valence-corrected chi connectivity index (χ2v) is 16.2. The molecule has 3 nitrogen and oxygen atoms in total. The summed E-state index contributed by atoms with van der Waals surface area (Å²) >= 11 is 1.81. The molecule has 0 fully saturated rings. The number of benzene rings is 10. The molecular formula is C55H33N3S. The quantitative estimate of drug-likeness (QED) is 0.164. The largest absolute Gasteiger partial charge is 0.208 e. The molecule has 0 N–H and O–H groups in total. The van der Waals surface area contributed by atoms with E-state index in [1.54, 1.807) is 0 Å². The van der Waals surface area contributed by atoms with Crippen molar-refractivity contribution in [2.45, 2.75) is 0 Å². The van der Waals surface area contributed by atoms with Gasteiger partial charge in [0.1, 0.15) is 0 Å². The fraction of sp³-hybridized carbons (Fsp3) is 0. The van der Waals surface area contributed by atoms with Gasteiger partial charge in [-0.3, -0.25) is 0 Å². The van der Waals surface area contributed by atoms with Crippen LogP contribution < -0.4 is 0 Å². The summed E-state index contributed by atoms with van der Waals surface area (Å²) in [6.45, 7) is 0. The summed E-state index contributed by atoms with van der Waals surface area (Å²) in [6, 6.07) is 71.7. The number of nitrogens with zero attached hydrogens (tertiary/aromatic N) is 3. The van der Waals surface area contributed by atoms with E-state index in [1.165, 1.54) is 74.4 Å². The third-order valence-electron chi connectivity index (χ3n) is 11.7. The lowest BCUT2D eigenvalue weighted by Gasteiger charge is -2.16. The molecule has 0 aliphatic carbocycles. The minimum Gasteiger partial charge on any atom is -0.208 e. The van der Waals surface area contributed by atoms with Gasteiger partial charge in [0.15, 0.2) is 17.5 Å². The third kappa shape index (κ3) is 5.60. The molecule has 2 heterocycles. The molecule has 4 heteroatoms. The van der Waals surface area contributed by atoms with Gasteiger partial charge in [-0.2, -0.15) is 0 Å². The van der Waals surface area contributed by atoms with Gasteiger partial charge in [0, 0.05) is 36.9 Å². The Hall–Kier alpha value is -7.53. The van der Waals surface area contributed by atoms with Crippen LogP contribution in [0.15, 0.2) is 200 Å². The van der Waals surface area contributed by atoms with Crippen molar-refractivity contribution in [3.8, 4) is 56.4 Å². The molecule has 0 saturated heterocycles. The Labute approximate surface area is 344 Å². The second-order valence-electron chi connectivity index (χ2n) is 15.1. The highest BCUT2D eigenvalue weighted by atomic mass is 32.1. The highest BCUT2D eigenvalue weighted by molar-refractivity contribution is 7.25. The van der Waals surface area contributed by atoms with Crippen molar-refractivity contribution in [2.75, 3.05) is 0 Å². The molecule has 0 radical (unpaired) electrons. The maximum atomic E-state index is 5.08.